The molecule has 2 aliphatic carbocycles. The summed E-state index contributed by atoms with van der Waals surface area (Å²) in [5.41, 5.74) is -0.630. The number of carbonyl (C=O) groups excluding carboxylic acids is 1. The molecule has 0 aliphatic heterocycles. The molecule has 0 bridgehead atoms. The van der Waals surface area contributed by atoms with Crippen LogP contribution in [0.1, 0.15) is 46.5 Å². The third-order valence-corrected chi connectivity index (χ3v) is 4.02. The van der Waals surface area contributed by atoms with Gasteiger partial charge >= 0.3 is 13.1 Å². The Morgan fingerprint density at radius 1 is 1.26 bits per heavy atom. The van der Waals surface area contributed by atoms with Gasteiger partial charge in [0.05, 0.1) is 0 Å². The maximum Gasteiger partial charge on any atom is 0.484 e. The van der Waals surface area contributed by atoms with Gasteiger partial charge in [-0.3, -0.25) is 0 Å². The van der Waals surface area contributed by atoms with Crippen LogP contribution in [0.5, 0.6) is 0 Å². The fourth-order valence-corrected chi connectivity index (χ4v) is 2.96. The lowest BCUT2D eigenvalue weighted by Crippen LogP contribution is -2.56. The van der Waals surface area contributed by atoms with E-state index < -0.39 is 30.0 Å². The fraction of sp³-hybridized carbons (Fsp3) is 0.917. The van der Waals surface area contributed by atoms with Gasteiger partial charge in [-0.25, -0.2) is 4.79 Å². The lowest BCUT2D eigenvalue weighted by Gasteiger charge is -2.54. The van der Waals surface area contributed by atoms with Gasteiger partial charge in [0.2, 0.25) is 0 Å². The van der Waals surface area contributed by atoms with Crippen LogP contribution in [0, 0.1) is 5.92 Å². The quantitative estimate of drug-likeness (QED) is 0.800. The van der Waals surface area contributed by atoms with Crippen LogP contribution in [0.4, 0.5) is 17.7 Å². The summed E-state index contributed by atoms with van der Waals surface area (Å²) in [5.74, 6) is -0.218. The van der Waals surface area contributed by atoms with Crippen molar-refractivity contribution in [2.45, 2.75) is 63.4 Å². The SMILES string of the molecule is CC(C)(C)OC(=O)NC1CC(C2CC2)([B-](F)(F)F)C1. The third-order valence-electron chi connectivity index (χ3n) is 4.02. The van der Waals surface area contributed by atoms with Crippen LogP contribution in [0.15, 0.2) is 0 Å². The Labute approximate surface area is 111 Å². The minimum atomic E-state index is -4.84. The van der Waals surface area contributed by atoms with Gasteiger partial charge in [0, 0.05) is 6.04 Å². The van der Waals surface area contributed by atoms with Gasteiger partial charge in [0.1, 0.15) is 5.60 Å². The van der Waals surface area contributed by atoms with Crippen LogP contribution in [0.3, 0.4) is 0 Å². The lowest BCUT2D eigenvalue weighted by molar-refractivity contribution is 0.0430. The summed E-state index contributed by atoms with van der Waals surface area (Å²) < 4.78 is 44.5. The molecule has 3 nitrogen and oxygen atoms in total. The first-order chi connectivity index (χ1) is 8.53. The van der Waals surface area contributed by atoms with Gasteiger partial charge in [-0.2, -0.15) is 0 Å². The summed E-state index contributed by atoms with van der Waals surface area (Å²) in [6.07, 6.45) is 0.735. The topological polar surface area (TPSA) is 38.3 Å². The van der Waals surface area contributed by atoms with E-state index in [2.05, 4.69) is 5.32 Å². The fourth-order valence-electron chi connectivity index (χ4n) is 2.96. The van der Waals surface area contributed by atoms with E-state index >= 15 is 0 Å². The Kier molecular flexibility index (Phi) is 3.30. The zero-order valence-corrected chi connectivity index (χ0v) is 11.5. The Hall–Kier alpha value is -0.875. The van der Waals surface area contributed by atoms with Crippen LogP contribution in [-0.2, 0) is 4.74 Å². The summed E-state index contributed by atoms with van der Waals surface area (Å²) in [6, 6.07) is -0.404. The molecule has 0 aromatic carbocycles. The van der Waals surface area contributed by atoms with E-state index in [0.717, 1.165) is 0 Å². The van der Waals surface area contributed by atoms with Crippen LogP contribution >= 0.6 is 0 Å². The van der Waals surface area contributed by atoms with E-state index in [-0.39, 0.29) is 18.8 Å². The normalized spacial score (nSPS) is 31.6. The largest absolute Gasteiger partial charge is 0.484 e. The van der Waals surface area contributed by atoms with E-state index in [9.17, 15) is 17.7 Å². The van der Waals surface area contributed by atoms with Gasteiger partial charge in [-0.15, -0.1) is 0 Å². The summed E-state index contributed by atoms with van der Waals surface area (Å²) >= 11 is 0. The molecule has 19 heavy (non-hydrogen) atoms. The third kappa shape index (κ3) is 3.00. The molecular formula is C12H20BF3NO2-. The van der Waals surface area contributed by atoms with E-state index in [1.165, 1.54) is 0 Å². The molecule has 2 saturated carbocycles. The Bertz CT molecular complexity index is 368. The molecule has 0 aromatic heterocycles. The molecule has 7 heteroatoms. The highest BCUT2D eigenvalue weighted by Gasteiger charge is 2.63. The number of amides is 1. The first-order valence-corrected chi connectivity index (χ1v) is 6.72. The van der Waals surface area contributed by atoms with Crippen molar-refractivity contribution < 1.29 is 22.5 Å². The number of rotatable bonds is 3. The van der Waals surface area contributed by atoms with Crippen molar-refractivity contribution in [3.63, 3.8) is 0 Å². The number of ether oxygens (including phenoxy) is 1. The van der Waals surface area contributed by atoms with E-state index in [1.54, 1.807) is 20.8 Å². The van der Waals surface area contributed by atoms with Gasteiger partial charge in [-0.1, -0.05) is 36.9 Å². The summed E-state index contributed by atoms with van der Waals surface area (Å²) in [7, 11) is 0. The number of hydrogen-bond acceptors (Lipinski definition) is 2. The molecule has 0 unspecified atom stereocenters. The highest BCUT2D eigenvalue weighted by Crippen LogP contribution is 2.68. The zero-order chi connectivity index (χ0) is 14.5. The van der Waals surface area contributed by atoms with Crippen LogP contribution in [0.2, 0.25) is 5.31 Å². The van der Waals surface area contributed by atoms with E-state index in [4.69, 9.17) is 4.74 Å². The smallest absolute Gasteiger partial charge is 0.449 e. The van der Waals surface area contributed by atoms with Gasteiger partial charge in [-0.05, 0) is 20.8 Å². The molecule has 110 valence electrons. The highest BCUT2D eigenvalue weighted by molar-refractivity contribution is 6.62. The Morgan fingerprint density at radius 3 is 2.16 bits per heavy atom. The zero-order valence-electron chi connectivity index (χ0n) is 11.5. The molecular weight excluding hydrogens is 258 g/mol. The molecule has 1 N–H and O–H groups in total. The van der Waals surface area contributed by atoms with Gasteiger partial charge in [0.15, 0.2) is 0 Å². The van der Waals surface area contributed by atoms with Crippen molar-refractivity contribution in [2.75, 3.05) is 0 Å². The molecule has 1 amide bonds. The lowest BCUT2D eigenvalue weighted by atomic mass is 9.43. The van der Waals surface area contributed by atoms with Crippen molar-refractivity contribution >= 4 is 13.1 Å². The van der Waals surface area contributed by atoms with E-state index in [0.29, 0.717) is 12.8 Å². The number of alkyl carbamates (subject to hydrolysis) is 1. The first kappa shape index (κ1) is 14.5. The van der Waals surface area contributed by atoms with Crippen LogP contribution in [0.25, 0.3) is 0 Å². The molecule has 0 atom stereocenters. The number of hydrogen-bond donors (Lipinski definition) is 1. The van der Waals surface area contributed by atoms with Crippen molar-refractivity contribution in [2.24, 2.45) is 5.92 Å². The predicted molar refractivity (Wildman–Crippen MR) is 66.9 cm³/mol. The second-order valence-corrected chi connectivity index (χ2v) is 6.83. The average Bonchev–Trinajstić information content (AvgIpc) is 2.87. The van der Waals surface area contributed by atoms with Crippen LogP contribution in [-0.4, -0.2) is 24.7 Å². The van der Waals surface area contributed by atoms with Crippen molar-refractivity contribution in [1.29, 1.82) is 0 Å². The van der Waals surface area contributed by atoms with Crippen molar-refractivity contribution in [3.05, 3.63) is 0 Å². The molecule has 0 saturated heterocycles. The number of nitrogens with one attached hydrogen (secondary N) is 1. The monoisotopic (exact) mass is 278 g/mol. The average molecular weight is 278 g/mol. The Balaban J connectivity index is 1.86. The molecule has 0 radical (unpaired) electrons. The van der Waals surface area contributed by atoms with Crippen molar-refractivity contribution in [1.82, 2.24) is 5.32 Å². The molecule has 0 heterocycles. The molecule has 2 fully saturated rings. The second kappa shape index (κ2) is 4.31. The van der Waals surface area contributed by atoms with E-state index in [1.807, 2.05) is 0 Å². The van der Waals surface area contributed by atoms with Crippen LogP contribution < -0.4 is 5.32 Å². The molecule has 2 rings (SSSR count). The summed E-state index contributed by atoms with van der Waals surface area (Å²) in [4.78, 5) is 11.5. The summed E-state index contributed by atoms with van der Waals surface area (Å²) in [5, 5.41) is 1.03. The molecule has 2 aliphatic rings. The minimum Gasteiger partial charge on any atom is -0.449 e. The highest BCUT2D eigenvalue weighted by atomic mass is 19.4. The van der Waals surface area contributed by atoms with Gasteiger partial charge < -0.3 is 23.0 Å². The molecule has 0 aromatic rings. The maximum absolute atomic E-state index is 13.1. The maximum atomic E-state index is 13.1. The molecule has 0 spiro atoms. The first-order valence-electron chi connectivity index (χ1n) is 6.72. The number of halogens is 3. The summed E-state index contributed by atoms with van der Waals surface area (Å²) in [6.45, 7) is 0.332. The van der Waals surface area contributed by atoms with Gasteiger partial charge in [0.25, 0.3) is 0 Å². The van der Waals surface area contributed by atoms with Crippen molar-refractivity contribution in [3.8, 4) is 0 Å². The minimum absolute atomic E-state index is 0.0143. The Morgan fingerprint density at radius 2 is 1.79 bits per heavy atom. The number of carbonyl (C=O) groups is 1. The predicted octanol–water partition coefficient (Wildman–Crippen LogP) is 3.67. The standard InChI is InChI=1S/C12H20BF3NO2/c1-11(2,3)19-10(18)17-9-6-12(7-9,8-4-5-8)13(14,15)16/h8-9H,4-7H2,1-3H3,(H,17,18)/q-1. The second-order valence-electron chi connectivity index (χ2n) is 6.83.